The Morgan fingerprint density at radius 2 is 1.76 bits per heavy atom. The van der Waals surface area contributed by atoms with Gasteiger partial charge >= 0.3 is 0 Å². The van der Waals surface area contributed by atoms with Gasteiger partial charge in [0.25, 0.3) is 15.9 Å². The van der Waals surface area contributed by atoms with E-state index < -0.39 is 27.8 Å². The van der Waals surface area contributed by atoms with E-state index in [-0.39, 0.29) is 21.2 Å². The zero-order valence-electron chi connectivity index (χ0n) is 18.6. The number of sulfonamides is 1. The number of methoxy groups -OCH3 is 1. The molecule has 6 nitrogen and oxygen atoms in total. The van der Waals surface area contributed by atoms with Crippen molar-refractivity contribution < 1.29 is 22.3 Å². The number of anilines is 1. The maximum atomic E-state index is 13.2. The summed E-state index contributed by atoms with van der Waals surface area (Å²) in [5.74, 6) is -0.386. The fourth-order valence-electron chi connectivity index (χ4n) is 3.33. The van der Waals surface area contributed by atoms with E-state index in [0.717, 1.165) is 15.4 Å². The predicted molar refractivity (Wildman–Crippen MR) is 127 cm³/mol. The van der Waals surface area contributed by atoms with Crippen LogP contribution in [-0.2, 0) is 10.0 Å². The van der Waals surface area contributed by atoms with Gasteiger partial charge in [0.15, 0.2) is 0 Å². The monoisotopic (exact) mass is 490 g/mol. The summed E-state index contributed by atoms with van der Waals surface area (Å²) < 4.78 is 45.8. The first kappa shape index (κ1) is 24.5. The van der Waals surface area contributed by atoms with Gasteiger partial charge in [-0.15, -0.1) is 0 Å². The summed E-state index contributed by atoms with van der Waals surface area (Å²) in [6, 6.07) is 14.2. The molecule has 1 unspecified atom stereocenters. The van der Waals surface area contributed by atoms with Gasteiger partial charge in [-0.3, -0.25) is 9.10 Å². The highest BCUT2D eigenvalue weighted by molar-refractivity contribution is 7.92. The van der Waals surface area contributed by atoms with Crippen LogP contribution in [0.1, 0.15) is 34.5 Å². The molecule has 1 N–H and O–H groups in total. The largest absolute Gasteiger partial charge is 0.496 e. The maximum absolute atomic E-state index is 13.2. The molecule has 0 saturated carbocycles. The third-order valence-corrected chi connectivity index (χ3v) is 7.34. The van der Waals surface area contributed by atoms with Crippen LogP contribution in [0.5, 0.6) is 5.75 Å². The van der Waals surface area contributed by atoms with E-state index in [1.54, 1.807) is 14.0 Å². The second kappa shape index (κ2) is 9.80. The van der Waals surface area contributed by atoms with Gasteiger partial charge in [0.05, 0.1) is 34.3 Å². The van der Waals surface area contributed by atoms with Crippen LogP contribution in [0.15, 0.2) is 65.6 Å². The molecule has 3 aromatic rings. The molecular weight excluding hydrogens is 467 g/mol. The highest BCUT2D eigenvalue weighted by atomic mass is 35.5. The first-order valence-electron chi connectivity index (χ1n) is 10.0. The van der Waals surface area contributed by atoms with E-state index in [4.69, 9.17) is 16.3 Å². The number of carbonyl (C=O) groups excluding carboxylic acids is 1. The summed E-state index contributed by atoms with van der Waals surface area (Å²) in [6.07, 6.45) is 0. The molecule has 1 atom stereocenters. The van der Waals surface area contributed by atoms with Crippen molar-refractivity contribution in [1.29, 1.82) is 0 Å². The summed E-state index contributed by atoms with van der Waals surface area (Å²) in [5, 5.41) is 2.96. The van der Waals surface area contributed by atoms with Crippen molar-refractivity contribution in [3.63, 3.8) is 0 Å². The summed E-state index contributed by atoms with van der Waals surface area (Å²) >= 11 is 6.23. The maximum Gasteiger partial charge on any atom is 0.264 e. The number of benzene rings is 3. The molecule has 0 heterocycles. The van der Waals surface area contributed by atoms with E-state index in [2.05, 4.69) is 5.32 Å². The summed E-state index contributed by atoms with van der Waals surface area (Å²) in [5.41, 5.74) is 2.07. The summed E-state index contributed by atoms with van der Waals surface area (Å²) in [7, 11) is -1.12. The number of rotatable bonds is 7. The van der Waals surface area contributed by atoms with Crippen LogP contribution >= 0.6 is 11.6 Å². The SMILES string of the molecule is COc1ccc(C)cc1C(C)NC(=O)c1cc(S(=O)(=O)N(C)c2ccc(F)cc2)ccc1Cl. The zero-order valence-corrected chi connectivity index (χ0v) is 20.2. The third-order valence-electron chi connectivity index (χ3n) is 5.23. The Balaban J connectivity index is 1.90. The molecule has 33 heavy (non-hydrogen) atoms. The van der Waals surface area contributed by atoms with Crippen molar-refractivity contribution in [2.45, 2.75) is 24.8 Å². The minimum absolute atomic E-state index is 0.0173. The average molecular weight is 491 g/mol. The smallest absolute Gasteiger partial charge is 0.264 e. The first-order valence-corrected chi connectivity index (χ1v) is 11.9. The van der Waals surface area contributed by atoms with E-state index in [9.17, 15) is 17.6 Å². The first-order chi connectivity index (χ1) is 15.5. The van der Waals surface area contributed by atoms with E-state index in [1.807, 2.05) is 25.1 Å². The van der Waals surface area contributed by atoms with Crippen molar-refractivity contribution in [3.8, 4) is 5.75 Å². The number of carbonyl (C=O) groups is 1. The van der Waals surface area contributed by atoms with Crippen molar-refractivity contribution >= 4 is 33.2 Å². The van der Waals surface area contributed by atoms with Crippen molar-refractivity contribution in [1.82, 2.24) is 5.32 Å². The highest BCUT2D eigenvalue weighted by Crippen LogP contribution is 2.29. The zero-order chi connectivity index (χ0) is 24.3. The Morgan fingerprint density at radius 1 is 1.09 bits per heavy atom. The van der Waals surface area contributed by atoms with Gasteiger partial charge < -0.3 is 10.1 Å². The lowest BCUT2D eigenvalue weighted by atomic mass is 10.0. The van der Waals surface area contributed by atoms with Gasteiger partial charge in [0, 0.05) is 12.6 Å². The molecule has 174 valence electrons. The van der Waals surface area contributed by atoms with E-state index >= 15 is 0 Å². The molecule has 3 rings (SSSR count). The Bertz CT molecular complexity index is 1280. The molecule has 0 fully saturated rings. The second-order valence-corrected chi connectivity index (χ2v) is 9.91. The van der Waals surface area contributed by atoms with Gasteiger partial charge in [-0.1, -0.05) is 29.3 Å². The molecule has 0 aliphatic rings. The van der Waals surface area contributed by atoms with Crippen LogP contribution in [0.2, 0.25) is 5.02 Å². The lowest BCUT2D eigenvalue weighted by Crippen LogP contribution is -2.29. The lowest BCUT2D eigenvalue weighted by molar-refractivity contribution is 0.0939. The van der Waals surface area contributed by atoms with Gasteiger partial charge in [-0.2, -0.15) is 0 Å². The van der Waals surface area contributed by atoms with Crippen LogP contribution in [-0.4, -0.2) is 28.5 Å². The summed E-state index contributed by atoms with van der Waals surface area (Å²) in [4.78, 5) is 12.9. The number of nitrogens with zero attached hydrogens (tertiary/aromatic N) is 1. The number of hydrogen-bond acceptors (Lipinski definition) is 4. The molecular formula is C24H24ClFN2O4S. The normalized spacial score (nSPS) is 12.2. The molecule has 0 spiro atoms. The Hall–Kier alpha value is -3.10. The highest BCUT2D eigenvalue weighted by Gasteiger charge is 2.25. The molecule has 0 aliphatic heterocycles. The molecule has 1 amide bonds. The lowest BCUT2D eigenvalue weighted by Gasteiger charge is -2.21. The van der Waals surface area contributed by atoms with Crippen LogP contribution in [0.3, 0.4) is 0 Å². The van der Waals surface area contributed by atoms with E-state index in [1.165, 1.54) is 49.5 Å². The number of amides is 1. The standard InChI is InChI=1S/C24H24ClFN2O4S/c1-15-5-12-23(32-4)20(13-15)16(2)27-24(29)21-14-19(10-11-22(21)25)33(30,31)28(3)18-8-6-17(26)7-9-18/h5-14,16H,1-4H3,(H,27,29). The average Bonchev–Trinajstić information content (AvgIpc) is 2.79. The molecule has 0 bridgehead atoms. The number of aryl methyl sites for hydroxylation is 1. The van der Waals surface area contributed by atoms with Crippen LogP contribution in [0.4, 0.5) is 10.1 Å². The third kappa shape index (κ3) is 5.29. The van der Waals surface area contributed by atoms with E-state index in [0.29, 0.717) is 5.75 Å². The van der Waals surface area contributed by atoms with Crippen molar-refractivity contribution in [2.24, 2.45) is 0 Å². The molecule has 0 aliphatic carbocycles. The number of ether oxygens (including phenoxy) is 1. The molecule has 3 aromatic carbocycles. The quantitative estimate of drug-likeness (QED) is 0.499. The Morgan fingerprint density at radius 3 is 2.39 bits per heavy atom. The molecule has 0 saturated heterocycles. The number of nitrogens with one attached hydrogen (secondary N) is 1. The Kier molecular flexibility index (Phi) is 7.29. The topological polar surface area (TPSA) is 75.7 Å². The Labute approximate surface area is 198 Å². The minimum atomic E-state index is -4.02. The molecule has 0 aromatic heterocycles. The fourth-order valence-corrected chi connectivity index (χ4v) is 4.76. The predicted octanol–water partition coefficient (Wildman–Crippen LogP) is 5.11. The number of halogens is 2. The van der Waals surface area contributed by atoms with Crippen LogP contribution in [0.25, 0.3) is 0 Å². The fraction of sp³-hybridized carbons (Fsp3) is 0.208. The van der Waals surface area contributed by atoms with Gasteiger partial charge in [-0.05, 0) is 62.4 Å². The van der Waals surface area contributed by atoms with Crippen LogP contribution < -0.4 is 14.4 Å². The molecule has 0 radical (unpaired) electrons. The van der Waals surface area contributed by atoms with Gasteiger partial charge in [0.1, 0.15) is 11.6 Å². The minimum Gasteiger partial charge on any atom is -0.496 e. The number of hydrogen-bond donors (Lipinski definition) is 1. The van der Waals surface area contributed by atoms with Gasteiger partial charge in [-0.25, -0.2) is 12.8 Å². The van der Waals surface area contributed by atoms with Crippen LogP contribution in [0, 0.1) is 12.7 Å². The second-order valence-electron chi connectivity index (χ2n) is 7.53. The summed E-state index contributed by atoms with van der Waals surface area (Å²) in [6.45, 7) is 3.73. The molecule has 9 heteroatoms. The van der Waals surface area contributed by atoms with Crippen molar-refractivity contribution in [2.75, 3.05) is 18.5 Å². The van der Waals surface area contributed by atoms with Crippen molar-refractivity contribution in [3.05, 3.63) is 88.2 Å². The van der Waals surface area contributed by atoms with Gasteiger partial charge in [0.2, 0.25) is 0 Å².